The van der Waals surface area contributed by atoms with Crippen molar-refractivity contribution in [1.82, 2.24) is 9.80 Å². The van der Waals surface area contributed by atoms with Crippen molar-refractivity contribution in [3.05, 3.63) is 54.1 Å². The monoisotopic (exact) mass is 520 g/mol. The van der Waals surface area contributed by atoms with Crippen molar-refractivity contribution in [3.8, 4) is 17.6 Å². The molecule has 3 aliphatic rings. The third-order valence-electron chi connectivity index (χ3n) is 7.19. The lowest BCUT2D eigenvalue weighted by molar-refractivity contribution is -0.142. The molecule has 2 unspecified atom stereocenters. The fourth-order valence-electron chi connectivity index (χ4n) is 5.54. The molecule has 9 heteroatoms. The second kappa shape index (κ2) is 11.3. The molecule has 0 aliphatic carbocycles. The van der Waals surface area contributed by atoms with Crippen LogP contribution in [0.15, 0.2) is 48.5 Å². The number of carbonyl (C=O) groups excluding carboxylic acids is 1. The zero-order chi connectivity index (χ0) is 26.7. The van der Waals surface area contributed by atoms with E-state index < -0.39 is 11.7 Å². The number of para-hydroxylation sites is 2. The quantitative estimate of drug-likeness (QED) is 0.566. The van der Waals surface area contributed by atoms with Crippen LogP contribution in [0.2, 0.25) is 0 Å². The molecule has 1 N–H and O–H groups in total. The highest BCUT2D eigenvalue weighted by Crippen LogP contribution is 2.36. The Bertz CT molecular complexity index is 1150. The van der Waals surface area contributed by atoms with Crippen molar-refractivity contribution in [3.63, 3.8) is 0 Å². The summed E-state index contributed by atoms with van der Waals surface area (Å²) in [7, 11) is 0. The molecule has 1 amide bonds. The van der Waals surface area contributed by atoms with E-state index in [-0.39, 0.29) is 24.7 Å². The summed E-state index contributed by atoms with van der Waals surface area (Å²) >= 11 is 0. The molecule has 3 heterocycles. The van der Waals surface area contributed by atoms with Gasteiger partial charge in [0, 0.05) is 45.8 Å². The van der Waals surface area contributed by atoms with Gasteiger partial charge in [-0.2, -0.15) is 5.26 Å². The first-order chi connectivity index (χ1) is 18.3. The largest absolute Gasteiger partial charge is 0.491 e. The summed E-state index contributed by atoms with van der Waals surface area (Å²) in [5.74, 6) is 1.47. The Morgan fingerprint density at radius 2 is 1.74 bits per heavy atom. The highest BCUT2D eigenvalue weighted by Gasteiger charge is 2.37. The zero-order valence-electron chi connectivity index (χ0n) is 22.1. The van der Waals surface area contributed by atoms with Crippen LogP contribution in [0.5, 0.6) is 11.5 Å². The van der Waals surface area contributed by atoms with Gasteiger partial charge in [0.05, 0.1) is 35.9 Å². The maximum absolute atomic E-state index is 13.1. The number of fused-ring (bicyclic) bond motifs is 3. The van der Waals surface area contributed by atoms with Crippen molar-refractivity contribution in [2.45, 2.75) is 44.2 Å². The summed E-state index contributed by atoms with van der Waals surface area (Å²) in [5.41, 5.74) is 0.867. The first-order valence-electron chi connectivity index (χ1n) is 13.3. The number of amides is 1. The fourth-order valence-corrected chi connectivity index (χ4v) is 5.54. The van der Waals surface area contributed by atoms with E-state index in [9.17, 15) is 9.90 Å². The molecule has 0 aromatic heterocycles. The van der Waals surface area contributed by atoms with Crippen LogP contribution >= 0.6 is 0 Å². The Labute approximate surface area is 224 Å². The van der Waals surface area contributed by atoms with Crippen molar-refractivity contribution in [2.24, 2.45) is 0 Å². The second-order valence-electron chi connectivity index (χ2n) is 11.0. The number of anilines is 1. The maximum Gasteiger partial charge on any atom is 0.231 e. The second-order valence-corrected chi connectivity index (χ2v) is 11.0. The topological polar surface area (TPSA) is 98.5 Å². The normalized spacial score (nSPS) is 24.1. The number of benzene rings is 2. The van der Waals surface area contributed by atoms with E-state index in [2.05, 4.69) is 15.9 Å². The highest BCUT2D eigenvalue weighted by atomic mass is 16.5. The molecule has 3 atom stereocenters. The van der Waals surface area contributed by atoms with Gasteiger partial charge in [0.2, 0.25) is 5.91 Å². The van der Waals surface area contributed by atoms with Gasteiger partial charge in [-0.15, -0.1) is 0 Å². The number of carbonyl (C=O) groups is 1. The van der Waals surface area contributed by atoms with Crippen LogP contribution in [0.1, 0.15) is 25.8 Å². The van der Waals surface area contributed by atoms with E-state index in [1.807, 2.05) is 43.0 Å². The van der Waals surface area contributed by atoms with Crippen molar-refractivity contribution < 1.29 is 24.1 Å². The summed E-state index contributed by atoms with van der Waals surface area (Å²) in [4.78, 5) is 19.6. The smallest absolute Gasteiger partial charge is 0.231 e. The number of rotatable bonds is 8. The molecule has 9 nitrogen and oxygen atoms in total. The third kappa shape index (κ3) is 6.45. The Hall–Kier alpha value is -3.16. The molecule has 3 aliphatic heterocycles. The van der Waals surface area contributed by atoms with Gasteiger partial charge in [0.1, 0.15) is 29.8 Å². The SMILES string of the molecule is CC1(C)CC(=O)N(CCN2CC3CN(C[C@H](O)COc4ccc(C#N)cc4)CC(C2)O3)c2ccccc2O1. The molecule has 0 spiro atoms. The molecule has 2 aromatic rings. The Morgan fingerprint density at radius 3 is 2.45 bits per heavy atom. The predicted octanol–water partition coefficient (Wildman–Crippen LogP) is 2.28. The number of nitrogens with zero attached hydrogens (tertiary/aromatic N) is 4. The van der Waals surface area contributed by atoms with Crippen LogP contribution < -0.4 is 14.4 Å². The van der Waals surface area contributed by atoms with E-state index in [1.54, 1.807) is 24.3 Å². The number of aliphatic hydroxyl groups excluding tert-OH is 1. The minimum absolute atomic E-state index is 0.0588. The predicted molar refractivity (Wildman–Crippen MR) is 142 cm³/mol. The molecule has 0 radical (unpaired) electrons. The molecular weight excluding hydrogens is 484 g/mol. The minimum atomic E-state index is -0.624. The molecular formula is C29H36N4O5. The Balaban J connectivity index is 1.11. The van der Waals surface area contributed by atoms with Crippen molar-refractivity contribution >= 4 is 11.6 Å². The maximum atomic E-state index is 13.1. The van der Waals surface area contributed by atoms with Gasteiger partial charge in [0.15, 0.2) is 0 Å². The van der Waals surface area contributed by atoms with Gasteiger partial charge in [-0.3, -0.25) is 14.6 Å². The number of morpholine rings is 2. The summed E-state index contributed by atoms with van der Waals surface area (Å²) in [6.07, 6.45) is -0.171. The van der Waals surface area contributed by atoms with Gasteiger partial charge in [-0.05, 0) is 50.2 Å². The average molecular weight is 521 g/mol. The first-order valence-corrected chi connectivity index (χ1v) is 13.3. The van der Waals surface area contributed by atoms with Crippen LogP contribution in [0.4, 0.5) is 5.69 Å². The number of aliphatic hydroxyl groups is 1. The standard InChI is InChI=1S/C29H36N4O5/c1-29(2)13-28(35)33(26-5-3-4-6-27(26)38-29)12-11-31-16-24-18-32(19-25(17-31)37-24)15-22(34)20-36-23-9-7-21(14-30)8-10-23/h3-10,22,24-25,34H,11-13,15-20H2,1-2H3/t22-,24?,25?/m0/s1. The molecule has 0 saturated carbocycles. The first kappa shape index (κ1) is 26.4. The number of β-amino-alcohol motifs (C(OH)–C–C–N with tert-alkyl or cyclic N) is 1. The van der Waals surface area contributed by atoms with E-state index >= 15 is 0 Å². The average Bonchev–Trinajstić information content (AvgIpc) is 2.97. The lowest BCUT2D eigenvalue weighted by Gasteiger charge is -2.46. The molecule has 38 heavy (non-hydrogen) atoms. The van der Waals surface area contributed by atoms with Crippen molar-refractivity contribution in [2.75, 3.05) is 57.3 Å². The molecule has 202 valence electrons. The van der Waals surface area contributed by atoms with E-state index in [1.165, 1.54) is 0 Å². The van der Waals surface area contributed by atoms with Gasteiger partial charge in [0.25, 0.3) is 0 Å². The molecule has 2 saturated heterocycles. The van der Waals surface area contributed by atoms with E-state index in [0.717, 1.165) is 44.2 Å². The van der Waals surface area contributed by atoms with Gasteiger partial charge >= 0.3 is 0 Å². The lowest BCUT2D eigenvalue weighted by atomic mass is 10.0. The Morgan fingerprint density at radius 1 is 1.05 bits per heavy atom. The van der Waals surface area contributed by atoms with Gasteiger partial charge in [-0.1, -0.05) is 12.1 Å². The summed E-state index contributed by atoms with van der Waals surface area (Å²) in [6.45, 7) is 9.04. The van der Waals surface area contributed by atoms with Crippen LogP contribution in [-0.2, 0) is 9.53 Å². The van der Waals surface area contributed by atoms with Crippen LogP contribution in [0, 0.1) is 11.3 Å². The van der Waals surface area contributed by atoms with Gasteiger partial charge in [-0.25, -0.2) is 0 Å². The molecule has 2 aromatic carbocycles. The van der Waals surface area contributed by atoms with Crippen LogP contribution in [0.3, 0.4) is 0 Å². The van der Waals surface area contributed by atoms with E-state index in [4.69, 9.17) is 19.5 Å². The molecule has 5 rings (SSSR count). The Kier molecular flexibility index (Phi) is 7.86. The van der Waals surface area contributed by atoms with Crippen LogP contribution in [-0.4, -0.2) is 97.1 Å². The number of hydrogen-bond acceptors (Lipinski definition) is 8. The number of hydrogen-bond donors (Lipinski definition) is 1. The van der Waals surface area contributed by atoms with Gasteiger partial charge < -0.3 is 24.2 Å². The summed E-state index contributed by atoms with van der Waals surface area (Å²) in [6, 6.07) is 16.7. The molecule has 2 fully saturated rings. The minimum Gasteiger partial charge on any atom is -0.491 e. The van der Waals surface area contributed by atoms with E-state index in [0.29, 0.717) is 30.8 Å². The zero-order valence-corrected chi connectivity index (χ0v) is 22.1. The third-order valence-corrected chi connectivity index (χ3v) is 7.19. The highest BCUT2D eigenvalue weighted by molar-refractivity contribution is 5.96. The number of nitriles is 1. The lowest BCUT2D eigenvalue weighted by Crippen LogP contribution is -2.61. The summed E-state index contributed by atoms with van der Waals surface area (Å²) < 4.78 is 18.1. The van der Waals surface area contributed by atoms with Crippen LogP contribution in [0.25, 0.3) is 0 Å². The molecule has 2 bridgehead atoms. The number of ether oxygens (including phenoxy) is 3. The van der Waals surface area contributed by atoms with Crippen molar-refractivity contribution in [1.29, 1.82) is 5.26 Å². The summed E-state index contributed by atoms with van der Waals surface area (Å²) in [5, 5.41) is 19.5. The fraction of sp³-hybridized carbons (Fsp3) is 0.517.